The van der Waals surface area contributed by atoms with Gasteiger partial charge in [-0.15, -0.1) is 0 Å². The van der Waals surface area contributed by atoms with Gasteiger partial charge in [0.15, 0.2) is 0 Å². The minimum Gasteiger partial charge on any atom is -0.370 e. The number of Topliss-reactive ketones (excluding diaryl/α,β-unsaturated/α-hetero) is 1. The van der Waals surface area contributed by atoms with Crippen LogP contribution in [0.25, 0.3) is 0 Å². The number of rotatable bonds is 3. The molecule has 1 aromatic rings. The minimum atomic E-state index is -0.146. The molecule has 2 unspecified atom stereocenters. The van der Waals surface area contributed by atoms with Crippen LogP contribution in [0.3, 0.4) is 0 Å². The Hall–Kier alpha value is -0.670. The van der Waals surface area contributed by atoms with Crippen molar-refractivity contribution in [2.75, 3.05) is 0 Å². The fourth-order valence-electron chi connectivity index (χ4n) is 3.39. The summed E-state index contributed by atoms with van der Waals surface area (Å²) < 4.78 is 7.28. The van der Waals surface area contributed by atoms with Crippen molar-refractivity contribution in [3.8, 4) is 0 Å². The maximum absolute atomic E-state index is 11.7. The van der Waals surface area contributed by atoms with Gasteiger partial charge in [-0.05, 0) is 30.4 Å². The fraction of sp³-hybridized carbons (Fsp3) is 0.533. The molecule has 3 rings (SSSR count). The number of carbonyl (C=O) groups is 1. The molecule has 2 atom stereocenters. The maximum atomic E-state index is 11.7. The summed E-state index contributed by atoms with van der Waals surface area (Å²) in [6.07, 6.45) is 4.77. The van der Waals surface area contributed by atoms with E-state index in [4.69, 9.17) is 4.74 Å². The highest BCUT2D eigenvalue weighted by atomic mass is 79.9. The van der Waals surface area contributed by atoms with E-state index in [0.717, 1.165) is 29.3 Å². The minimum absolute atomic E-state index is 0.146. The molecule has 96 valence electrons. The van der Waals surface area contributed by atoms with E-state index < -0.39 is 0 Å². The van der Waals surface area contributed by atoms with Crippen LogP contribution in [0.2, 0.25) is 0 Å². The molecular formula is C15H17BrO2. The predicted octanol–water partition coefficient (Wildman–Crippen LogP) is 3.87. The summed E-state index contributed by atoms with van der Waals surface area (Å²) >= 11 is 3.54. The van der Waals surface area contributed by atoms with Gasteiger partial charge in [-0.2, -0.15) is 0 Å². The van der Waals surface area contributed by atoms with Gasteiger partial charge in [0.05, 0.1) is 12.2 Å². The van der Waals surface area contributed by atoms with Gasteiger partial charge in [-0.3, -0.25) is 4.79 Å². The molecule has 0 heterocycles. The number of hydrogen-bond donors (Lipinski definition) is 0. The highest BCUT2D eigenvalue weighted by molar-refractivity contribution is 9.10. The number of carbonyl (C=O) groups excluding carboxylic acids is 1. The van der Waals surface area contributed by atoms with Crippen LogP contribution in [0.15, 0.2) is 28.7 Å². The van der Waals surface area contributed by atoms with E-state index in [1.165, 1.54) is 6.42 Å². The first-order valence-corrected chi connectivity index (χ1v) is 7.38. The molecule has 0 saturated heterocycles. The Kier molecular flexibility index (Phi) is 3.29. The molecule has 0 spiro atoms. The van der Waals surface area contributed by atoms with Gasteiger partial charge in [-0.1, -0.05) is 40.5 Å². The van der Waals surface area contributed by atoms with E-state index in [1.807, 2.05) is 18.2 Å². The van der Waals surface area contributed by atoms with Crippen LogP contribution in [0.1, 0.15) is 37.7 Å². The summed E-state index contributed by atoms with van der Waals surface area (Å²) in [6.45, 7) is 0.602. The molecule has 2 saturated carbocycles. The Balaban J connectivity index is 1.73. The molecule has 2 aliphatic rings. The molecular weight excluding hydrogens is 292 g/mol. The van der Waals surface area contributed by atoms with Crippen molar-refractivity contribution < 1.29 is 9.53 Å². The second kappa shape index (κ2) is 4.78. The van der Waals surface area contributed by atoms with E-state index in [-0.39, 0.29) is 5.60 Å². The second-order valence-corrected chi connectivity index (χ2v) is 6.31. The summed E-state index contributed by atoms with van der Waals surface area (Å²) in [5, 5.41) is 0. The zero-order valence-electron chi connectivity index (χ0n) is 10.3. The lowest BCUT2D eigenvalue weighted by atomic mass is 9.94. The van der Waals surface area contributed by atoms with Crippen molar-refractivity contribution in [3.63, 3.8) is 0 Å². The third kappa shape index (κ3) is 2.14. The topological polar surface area (TPSA) is 26.3 Å². The first kappa shape index (κ1) is 12.4. The van der Waals surface area contributed by atoms with Crippen molar-refractivity contribution in [2.45, 2.75) is 44.3 Å². The Morgan fingerprint density at radius 1 is 1.39 bits per heavy atom. The summed E-state index contributed by atoms with van der Waals surface area (Å²) in [6, 6.07) is 8.13. The van der Waals surface area contributed by atoms with Crippen LogP contribution < -0.4 is 0 Å². The molecule has 18 heavy (non-hydrogen) atoms. The molecule has 0 radical (unpaired) electrons. The van der Waals surface area contributed by atoms with E-state index in [9.17, 15) is 4.79 Å². The third-order valence-electron chi connectivity index (χ3n) is 4.34. The Labute approximate surface area is 116 Å². The number of hydrogen-bond acceptors (Lipinski definition) is 2. The molecule has 2 aliphatic carbocycles. The Morgan fingerprint density at radius 2 is 2.22 bits per heavy atom. The lowest BCUT2D eigenvalue weighted by Crippen LogP contribution is -2.32. The largest absolute Gasteiger partial charge is 0.370 e. The SMILES string of the molecule is O=C1CC2CCCC2(OCc2ccccc2Br)C1. The summed E-state index contributed by atoms with van der Waals surface area (Å²) in [5.41, 5.74) is 1.02. The molecule has 0 aromatic heterocycles. The highest BCUT2D eigenvalue weighted by Gasteiger charge is 2.50. The van der Waals surface area contributed by atoms with Crippen LogP contribution in [0, 0.1) is 5.92 Å². The zero-order chi connectivity index (χ0) is 12.6. The Bertz CT molecular complexity index is 471. The van der Waals surface area contributed by atoms with Crippen molar-refractivity contribution >= 4 is 21.7 Å². The number of ketones is 1. The smallest absolute Gasteiger partial charge is 0.136 e. The van der Waals surface area contributed by atoms with Crippen LogP contribution >= 0.6 is 15.9 Å². The predicted molar refractivity (Wildman–Crippen MR) is 73.2 cm³/mol. The maximum Gasteiger partial charge on any atom is 0.136 e. The van der Waals surface area contributed by atoms with Gasteiger partial charge < -0.3 is 4.74 Å². The van der Waals surface area contributed by atoms with Gasteiger partial charge in [0.1, 0.15) is 5.78 Å². The van der Waals surface area contributed by atoms with Crippen molar-refractivity contribution in [1.82, 2.24) is 0 Å². The zero-order valence-corrected chi connectivity index (χ0v) is 11.9. The molecule has 2 fully saturated rings. The average molecular weight is 309 g/mol. The first-order chi connectivity index (χ1) is 8.70. The monoisotopic (exact) mass is 308 g/mol. The van der Waals surface area contributed by atoms with E-state index in [2.05, 4.69) is 22.0 Å². The normalized spacial score (nSPS) is 30.7. The van der Waals surface area contributed by atoms with Gasteiger partial charge >= 0.3 is 0 Å². The fourth-order valence-corrected chi connectivity index (χ4v) is 3.79. The van der Waals surface area contributed by atoms with Crippen LogP contribution in [-0.4, -0.2) is 11.4 Å². The van der Waals surface area contributed by atoms with Crippen molar-refractivity contribution in [3.05, 3.63) is 34.3 Å². The third-order valence-corrected chi connectivity index (χ3v) is 5.11. The lowest BCUT2D eigenvalue weighted by molar-refractivity contribution is -0.120. The molecule has 0 N–H and O–H groups in total. The first-order valence-electron chi connectivity index (χ1n) is 6.59. The number of halogens is 1. The molecule has 3 heteroatoms. The van der Waals surface area contributed by atoms with Crippen LogP contribution in [0.5, 0.6) is 0 Å². The number of fused-ring (bicyclic) bond motifs is 1. The van der Waals surface area contributed by atoms with Gasteiger partial charge in [0, 0.05) is 17.3 Å². The van der Waals surface area contributed by atoms with Crippen LogP contribution in [0.4, 0.5) is 0 Å². The molecule has 1 aromatic carbocycles. The Morgan fingerprint density at radius 3 is 3.06 bits per heavy atom. The van der Waals surface area contributed by atoms with Crippen molar-refractivity contribution in [1.29, 1.82) is 0 Å². The lowest BCUT2D eigenvalue weighted by Gasteiger charge is -2.29. The van der Waals surface area contributed by atoms with Gasteiger partial charge in [-0.25, -0.2) is 0 Å². The van der Waals surface area contributed by atoms with Gasteiger partial charge in [0.2, 0.25) is 0 Å². The summed E-state index contributed by atoms with van der Waals surface area (Å²) in [4.78, 5) is 11.7. The van der Waals surface area contributed by atoms with E-state index in [0.29, 0.717) is 24.7 Å². The standard InChI is InChI=1S/C15H17BrO2/c16-14-6-2-1-4-11(14)10-18-15-7-3-5-12(15)8-13(17)9-15/h1-2,4,6,12H,3,5,7-10H2. The average Bonchev–Trinajstić information content (AvgIpc) is 2.84. The van der Waals surface area contributed by atoms with E-state index >= 15 is 0 Å². The van der Waals surface area contributed by atoms with Crippen molar-refractivity contribution in [2.24, 2.45) is 5.92 Å². The quantitative estimate of drug-likeness (QED) is 0.847. The summed E-state index contributed by atoms with van der Waals surface area (Å²) in [7, 11) is 0. The number of ether oxygens (including phenoxy) is 1. The summed E-state index contributed by atoms with van der Waals surface area (Å²) in [5.74, 6) is 0.847. The molecule has 0 amide bonds. The molecule has 2 nitrogen and oxygen atoms in total. The molecule has 0 aliphatic heterocycles. The van der Waals surface area contributed by atoms with Crippen LogP contribution in [-0.2, 0) is 16.1 Å². The number of benzene rings is 1. The molecule has 0 bridgehead atoms. The van der Waals surface area contributed by atoms with E-state index in [1.54, 1.807) is 0 Å². The highest BCUT2D eigenvalue weighted by Crippen LogP contribution is 2.48. The second-order valence-electron chi connectivity index (χ2n) is 5.45. The van der Waals surface area contributed by atoms with Gasteiger partial charge in [0.25, 0.3) is 0 Å².